The monoisotopic (exact) mass is 317 g/mol. The number of nitrogens with zero attached hydrogens (tertiary/aromatic N) is 2. The fraction of sp³-hybridized carbons (Fsp3) is 0.250. The zero-order valence-corrected chi connectivity index (χ0v) is 12.7. The van der Waals surface area contributed by atoms with Crippen LogP contribution in [-0.2, 0) is 17.1 Å². The highest BCUT2D eigenvalue weighted by Crippen LogP contribution is 2.24. The van der Waals surface area contributed by atoms with Gasteiger partial charge in [0, 0.05) is 7.05 Å². The standard InChI is InChI=1S/C12H13ClFN3O2S/c1-7-12(8(2)17(3)15-7)20(18,19)16-9-4-5-11(14)10(13)6-9/h4-6,16H,1-3H3. The summed E-state index contributed by atoms with van der Waals surface area (Å²) in [5.74, 6) is -0.608. The van der Waals surface area contributed by atoms with Gasteiger partial charge < -0.3 is 0 Å². The van der Waals surface area contributed by atoms with E-state index in [4.69, 9.17) is 11.6 Å². The minimum Gasteiger partial charge on any atom is -0.279 e. The van der Waals surface area contributed by atoms with Crippen LogP contribution in [0.3, 0.4) is 0 Å². The molecule has 0 aliphatic heterocycles. The molecule has 1 heterocycles. The molecular formula is C12H13ClFN3O2S. The van der Waals surface area contributed by atoms with Gasteiger partial charge in [-0.05, 0) is 32.0 Å². The van der Waals surface area contributed by atoms with Crippen molar-refractivity contribution < 1.29 is 12.8 Å². The number of aromatic nitrogens is 2. The lowest BCUT2D eigenvalue weighted by molar-refractivity contribution is 0.599. The summed E-state index contributed by atoms with van der Waals surface area (Å²) in [5.41, 5.74) is 1.10. The number of rotatable bonds is 3. The maximum Gasteiger partial charge on any atom is 0.265 e. The Morgan fingerprint density at radius 2 is 2.00 bits per heavy atom. The molecule has 108 valence electrons. The normalized spacial score (nSPS) is 11.7. The Morgan fingerprint density at radius 1 is 1.35 bits per heavy atom. The van der Waals surface area contributed by atoms with E-state index < -0.39 is 15.8 Å². The van der Waals surface area contributed by atoms with E-state index in [0.29, 0.717) is 11.4 Å². The molecule has 5 nitrogen and oxygen atoms in total. The van der Waals surface area contributed by atoms with Gasteiger partial charge in [-0.15, -0.1) is 0 Å². The van der Waals surface area contributed by atoms with Gasteiger partial charge in [-0.1, -0.05) is 11.6 Å². The van der Waals surface area contributed by atoms with Crippen LogP contribution in [0.1, 0.15) is 11.4 Å². The largest absolute Gasteiger partial charge is 0.279 e. The van der Waals surface area contributed by atoms with Crippen LogP contribution in [-0.4, -0.2) is 18.2 Å². The summed E-state index contributed by atoms with van der Waals surface area (Å²) < 4.78 is 41.6. The number of halogens is 2. The van der Waals surface area contributed by atoms with Crippen LogP contribution in [0.4, 0.5) is 10.1 Å². The first-order valence-corrected chi connectivity index (χ1v) is 7.56. The first kappa shape index (κ1) is 14.8. The summed E-state index contributed by atoms with van der Waals surface area (Å²) in [5, 5.41) is 3.91. The predicted molar refractivity (Wildman–Crippen MR) is 74.9 cm³/mol. The number of benzene rings is 1. The number of anilines is 1. The average molecular weight is 318 g/mol. The average Bonchev–Trinajstić information content (AvgIpc) is 2.58. The fourth-order valence-corrected chi connectivity index (χ4v) is 3.58. The smallest absolute Gasteiger partial charge is 0.265 e. The van der Waals surface area contributed by atoms with Crippen LogP contribution in [0.2, 0.25) is 5.02 Å². The summed E-state index contributed by atoms with van der Waals surface area (Å²) >= 11 is 5.63. The van der Waals surface area contributed by atoms with E-state index in [-0.39, 0.29) is 15.6 Å². The van der Waals surface area contributed by atoms with Gasteiger partial charge >= 0.3 is 0 Å². The van der Waals surface area contributed by atoms with Crippen molar-refractivity contribution in [2.24, 2.45) is 7.05 Å². The summed E-state index contributed by atoms with van der Waals surface area (Å²) in [6.45, 7) is 3.27. The van der Waals surface area contributed by atoms with Crippen LogP contribution < -0.4 is 4.72 Å². The van der Waals surface area contributed by atoms with Gasteiger partial charge in [-0.3, -0.25) is 9.40 Å². The zero-order valence-electron chi connectivity index (χ0n) is 11.1. The van der Waals surface area contributed by atoms with Crippen molar-refractivity contribution in [1.29, 1.82) is 0 Å². The van der Waals surface area contributed by atoms with E-state index in [1.54, 1.807) is 20.9 Å². The Kier molecular flexibility index (Phi) is 3.75. The third kappa shape index (κ3) is 2.64. The highest BCUT2D eigenvalue weighted by molar-refractivity contribution is 7.92. The number of aryl methyl sites for hydroxylation is 2. The van der Waals surface area contributed by atoms with Gasteiger partial charge in [0.25, 0.3) is 10.0 Å². The van der Waals surface area contributed by atoms with E-state index in [9.17, 15) is 12.8 Å². The first-order valence-electron chi connectivity index (χ1n) is 5.70. The second kappa shape index (κ2) is 5.06. The minimum atomic E-state index is -3.80. The van der Waals surface area contributed by atoms with Crippen LogP contribution in [0.15, 0.2) is 23.1 Å². The fourth-order valence-electron chi connectivity index (χ4n) is 1.91. The van der Waals surface area contributed by atoms with Crippen molar-refractivity contribution in [3.8, 4) is 0 Å². The van der Waals surface area contributed by atoms with E-state index in [2.05, 4.69) is 9.82 Å². The topological polar surface area (TPSA) is 64.0 Å². The number of hydrogen-bond donors (Lipinski definition) is 1. The lowest BCUT2D eigenvalue weighted by Crippen LogP contribution is -2.15. The maximum absolute atomic E-state index is 13.1. The maximum atomic E-state index is 13.1. The van der Waals surface area contributed by atoms with Gasteiger partial charge in [0.05, 0.1) is 22.1 Å². The molecule has 0 saturated carbocycles. The van der Waals surface area contributed by atoms with E-state index in [0.717, 1.165) is 6.07 Å². The van der Waals surface area contributed by atoms with Crippen molar-refractivity contribution in [1.82, 2.24) is 9.78 Å². The van der Waals surface area contributed by atoms with Crippen molar-refractivity contribution >= 4 is 27.3 Å². The Morgan fingerprint density at radius 3 is 2.50 bits per heavy atom. The molecule has 2 aromatic rings. The summed E-state index contributed by atoms with van der Waals surface area (Å²) in [7, 11) is -2.14. The highest BCUT2D eigenvalue weighted by atomic mass is 35.5. The van der Waals surface area contributed by atoms with Crippen molar-refractivity contribution in [2.45, 2.75) is 18.7 Å². The van der Waals surface area contributed by atoms with Gasteiger partial charge in [-0.25, -0.2) is 12.8 Å². The molecule has 0 unspecified atom stereocenters. The van der Waals surface area contributed by atoms with Crippen LogP contribution >= 0.6 is 11.6 Å². The quantitative estimate of drug-likeness (QED) is 0.946. The van der Waals surface area contributed by atoms with Gasteiger partial charge in [0.2, 0.25) is 0 Å². The molecule has 1 N–H and O–H groups in total. The number of nitrogens with one attached hydrogen (secondary N) is 1. The number of hydrogen-bond acceptors (Lipinski definition) is 3. The molecule has 1 aromatic heterocycles. The van der Waals surface area contributed by atoms with E-state index in [1.807, 2.05) is 0 Å². The minimum absolute atomic E-state index is 0.112. The molecule has 2 rings (SSSR count). The van der Waals surface area contributed by atoms with Crippen LogP contribution in [0, 0.1) is 19.7 Å². The van der Waals surface area contributed by atoms with Gasteiger partial charge in [0.15, 0.2) is 0 Å². The SMILES string of the molecule is Cc1nn(C)c(C)c1S(=O)(=O)Nc1ccc(F)c(Cl)c1. The first-order chi connectivity index (χ1) is 9.22. The zero-order chi connectivity index (χ0) is 15.1. The van der Waals surface area contributed by atoms with Crippen LogP contribution in [0.25, 0.3) is 0 Å². The van der Waals surface area contributed by atoms with Crippen molar-refractivity contribution in [3.05, 3.63) is 40.4 Å². The molecule has 0 saturated heterocycles. The molecule has 0 atom stereocenters. The third-order valence-electron chi connectivity index (χ3n) is 2.88. The summed E-state index contributed by atoms with van der Waals surface area (Å²) in [6, 6.07) is 3.62. The molecule has 0 bridgehead atoms. The van der Waals surface area contributed by atoms with Gasteiger partial charge in [0.1, 0.15) is 10.7 Å². The van der Waals surface area contributed by atoms with E-state index >= 15 is 0 Å². The molecule has 0 fully saturated rings. The summed E-state index contributed by atoms with van der Waals surface area (Å²) in [6.07, 6.45) is 0. The molecule has 1 aromatic carbocycles. The Bertz CT molecular complexity index is 771. The molecule has 0 spiro atoms. The van der Waals surface area contributed by atoms with E-state index in [1.165, 1.54) is 16.8 Å². The molecule has 0 amide bonds. The molecular weight excluding hydrogens is 305 g/mol. The van der Waals surface area contributed by atoms with Crippen LogP contribution in [0.5, 0.6) is 0 Å². The second-order valence-corrected chi connectivity index (χ2v) is 6.38. The van der Waals surface area contributed by atoms with Gasteiger partial charge in [-0.2, -0.15) is 5.10 Å². The molecule has 0 radical (unpaired) electrons. The molecule has 8 heteroatoms. The Labute approximate surface area is 121 Å². The lowest BCUT2D eigenvalue weighted by Gasteiger charge is -2.09. The highest BCUT2D eigenvalue weighted by Gasteiger charge is 2.24. The Balaban J connectivity index is 2.43. The van der Waals surface area contributed by atoms with Crippen molar-refractivity contribution in [3.63, 3.8) is 0 Å². The Hall–Kier alpha value is -1.60. The summed E-state index contributed by atoms with van der Waals surface area (Å²) in [4.78, 5) is 0.112. The predicted octanol–water partition coefficient (Wildman–Crippen LogP) is 2.63. The lowest BCUT2D eigenvalue weighted by atomic mass is 10.3. The molecule has 0 aliphatic rings. The third-order valence-corrected chi connectivity index (χ3v) is 4.81. The van der Waals surface area contributed by atoms with Crippen molar-refractivity contribution in [2.75, 3.05) is 4.72 Å². The molecule has 0 aliphatic carbocycles. The molecule has 20 heavy (non-hydrogen) atoms. The number of sulfonamides is 1. The second-order valence-electron chi connectivity index (χ2n) is 4.36.